The van der Waals surface area contributed by atoms with E-state index in [1.165, 1.54) is 30.6 Å². The van der Waals surface area contributed by atoms with Crippen molar-refractivity contribution in [2.24, 2.45) is 4.99 Å². The molecule has 2 aliphatic rings. The first-order valence-corrected chi connectivity index (χ1v) is 9.64. The van der Waals surface area contributed by atoms with E-state index in [9.17, 15) is 4.79 Å². The normalized spacial score (nSPS) is 18.5. The summed E-state index contributed by atoms with van der Waals surface area (Å²) in [6.07, 6.45) is 9.72. The summed E-state index contributed by atoms with van der Waals surface area (Å²) in [4.78, 5) is 25.6. The Labute approximate surface area is 151 Å². The summed E-state index contributed by atoms with van der Waals surface area (Å²) in [5.74, 6) is 0.100. The van der Waals surface area contributed by atoms with Gasteiger partial charge < -0.3 is 4.90 Å². The van der Waals surface area contributed by atoms with Crippen molar-refractivity contribution in [3.05, 3.63) is 17.1 Å². The molecule has 1 aliphatic carbocycles. The lowest BCUT2D eigenvalue weighted by molar-refractivity contribution is 0.0939. The van der Waals surface area contributed by atoms with Crippen LogP contribution in [0.2, 0.25) is 0 Å². The number of rotatable bonds is 3. The lowest BCUT2D eigenvalue weighted by Gasteiger charge is -2.28. The summed E-state index contributed by atoms with van der Waals surface area (Å²) in [5.41, 5.74) is 5.28. The third-order valence-corrected chi connectivity index (χ3v) is 6.00. The lowest BCUT2D eigenvalue weighted by Crippen LogP contribution is -2.46. The Bertz CT molecular complexity index is 822. The second-order valence-corrected chi connectivity index (χ2v) is 7.94. The fourth-order valence-electron chi connectivity index (χ4n) is 3.62. The predicted octanol–water partition coefficient (Wildman–Crippen LogP) is 3.36. The summed E-state index contributed by atoms with van der Waals surface area (Å²) in [6.45, 7) is 0.317. The highest BCUT2D eigenvalue weighted by Crippen LogP contribution is 2.42. The van der Waals surface area contributed by atoms with Crippen molar-refractivity contribution in [1.82, 2.24) is 15.4 Å². The van der Waals surface area contributed by atoms with Crippen molar-refractivity contribution in [3.8, 4) is 0 Å². The number of ketones is 1. The first-order valence-electron chi connectivity index (χ1n) is 8.82. The number of anilines is 1. The molecule has 1 aliphatic heterocycles. The van der Waals surface area contributed by atoms with Crippen molar-refractivity contribution in [3.63, 3.8) is 0 Å². The molecular formula is C18H23N5OS. The molecule has 25 heavy (non-hydrogen) atoms. The van der Waals surface area contributed by atoms with Crippen LogP contribution in [0, 0.1) is 0 Å². The number of hydrazine groups is 1. The Morgan fingerprint density at radius 1 is 1.28 bits per heavy atom. The Hall–Kier alpha value is -1.99. The highest BCUT2D eigenvalue weighted by atomic mass is 32.1. The quantitative estimate of drug-likeness (QED) is 0.913. The number of fused-ring (bicyclic) bond motifs is 3. The number of nitrogens with one attached hydrogen (secondary N) is 1. The topological polar surface area (TPSA) is 60.8 Å². The lowest BCUT2D eigenvalue weighted by atomic mass is 9.96. The first kappa shape index (κ1) is 16.5. The fourth-order valence-corrected chi connectivity index (χ4v) is 4.66. The molecule has 1 fully saturated rings. The largest absolute Gasteiger partial charge is 0.377 e. The van der Waals surface area contributed by atoms with Crippen molar-refractivity contribution in [2.45, 2.75) is 38.1 Å². The van der Waals surface area contributed by atoms with Gasteiger partial charge in [0, 0.05) is 26.3 Å². The van der Waals surface area contributed by atoms with Gasteiger partial charge in [-0.2, -0.15) is 0 Å². The summed E-state index contributed by atoms with van der Waals surface area (Å²) in [7, 11) is 4.00. The van der Waals surface area contributed by atoms with Crippen molar-refractivity contribution in [1.29, 1.82) is 0 Å². The molecule has 4 rings (SSSR count). The van der Waals surface area contributed by atoms with Gasteiger partial charge in [0.15, 0.2) is 5.78 Å². The Kier molecular flexibility index (Phi) is 4.43. The number of carbonyl (C=O) groups excluding carboxylic acids is 1. The van der Waals surface area contributed by atoms with Crippen LogP contribution in [-0.2, 0) is 0 Å². The number of aromatic nitrogens is 1. The molecule has 1 N–H and O–H groups in total. The zero-order valence-electron chi connectivity index (χ0n) is 14.7. The molecule has 2 aromatic rings. The van der Waals surface area contributed by atoms with E-state index in [4.69, 9.17) is 0 Å². The molecule has 0 aromatic carbocycles. The van der Waals surface area contributed by atoms with Crippen molar-refractivity contribution < 1.29 is 4.79 Å². The molecule has 7 heteroatoms. The van der Waals surface area contributed by atoms with Gasteiger partial charge in [-0.3, -0.25) is 9.80 Å². The third kappa shape index (κ3) is 3.14. The molecule has 2 aromatic heterocycles. The zero-order valence-corrected chi connectivity index (χ0v) is 15.5. The second kappa shape index (κ2) is 6.72. The fraction of sp³-hybridized carbons (Fsp3) is 0.500. The van der Waals surface area contributed by atoms with E-state index in [0.29, 0.717) is 17.5 Å². The number of nitrogens with zero attached hydrogens (tertiary/aromatic N) is 4. The Morgan fingerprint density at radius 3 is 2.84 bits per heavy atom. The number of hydrogen-bond acceptors (Lipinski definition) is 7. The molecule has 6 nitrogen and oxygen atoms in total. The maximum absolute atomic E-state index is 12.8. The standard InChI is InChI=1S/C18H23N5OS/c1-22(2)13-8-9-19-18-15(13)16-17(25-18)14(24)10-23(11-20-16)21-12-6-4-3-5-7-12/h8-9,11-12,21H,3-7,10H2,1-2H3. The maximum atomic E-state index is 12.8. The molecule has 3 heterocycles. The monoisotopic (exact) mass is 357 g/mol. The Balaban J connectivity index is 1.68. The maximum Gasteiger partial charge on any atom is 0.195 e. The molecular weight excluding hydrogens is 334 g/mol. The van der Waals surface area contributed by atoms with Gasteiger partial charge in [0.05, 0.1) is 23.3 Å². The van der Waals surface area contributed by atoms with Crippen LogP contribution in [0.1, 0.15) is 41.8 Å². The number of carbonyl (C=O) groups is 1. The van der Waals surface area contributed by atoms with Crippen LogP contribution < -0.4 is 10.3 Å². The number of pyridine rings is 1. The van der Waals surface area contributed by atoms with Crippen molar-refractivity contribution in [2.75, 3.05) is 25.5 Å². The number of thiophene rings is 1. The molecule has 0 radical (unpaired) electrons. The summed E-state index contributed by atoms with van der Waals surface area (Å²) < 4.78 is 0. The van der Waals surface area contributed by atoms with Crippen LogP contribution in [0.25, 0.3) is 10.2 Å². The minimum Gasteiger partial charge on any atom is -0.377 e. The highest BCUT2D eigenvalue weighted by Gasteiger charge is 2.26. The van der Waals surface area contributed by atoms with Crippen LogP contribution in [0.3, 0.4) is 0 Å². The van der Waals surface area contributed by atoms with E-state index in [2.05, 4.69) is 15.4 Å². The van der Waals surface area contributed by atoms with Gasteiger partial charge in [-0.05, 0) is 18.9 Å². The van der Waals surface area contributed by atoms with Gasteiger partial charge in [0.2, 0.25) is 0 Å². The molecule has 0 atom stereocenters. The molecule has 0 unspecified atom stereocenters. The molecule has 1 saturated carbocycles. The van der Waals surface area contributed by atoms with Crippen LogP contribution in [0.5, 0.6) is 0 Å². The Morgan fingerprint density at radius 2 is 2.08 bits per heavy atom. The van der Waals surface area contributed by atoms with Gasteiger partial charge in [0.25, 0.3) is 0 Å². The first-order chi connectivity index (χ1) is 12.1. The van der Waals surface area contributed by atoms with E-state index >= 15 is 0 Å². The van der Waals surface area contributed by atoms with Gasteiger partial charge in [-0.15, -0.1) is 11.3 Å². The summed E-state index contributed by atoms with van der Waals surface area (Å²) >= 11 is 1.45. The van der Waals surface area contributed by atoms with E-state index < -0.39 is 0 Å². The van der Waals surface area contributed by atoms with Crippen LogP contribution in [0.4, 0.5) is 11.4 Å². The summed E-state index contributed by atoms with van der Waals surface area (Å²) in [5, 5.41) is 2.83. The minimum absolute atomic E-state index is 0.100. The van der Waals surface area contributed by atoms with Gasteiger partial charge in [-0.1, -0.05) is 19.3 Å². The molecule has 0 spiro atoms. The third-order valence-electron chi connectivity index (χ3n) is 4.87. The van der Waals surface area contributed by atoms with Crippen molar-refractivity contribution >= 4 is 45.0 Å². The SMILES string of the molecule is CN(C)c1ccnc2sc3c(c12)N=CN(NC1CCCCC1)CC3=O. The number of Topliss-reactive ketones (excluding diaryl/α,β-unsaturated/α-hetero) is 1. The highest BCUT2D eigenvalue weighted by molar-refractivity contribution is 7.21. The van der Waals surface area contributed by atoms with Crippen LogP contribution in [0.15, 0.2) is 17.3 Å². The zero-order chi connectivity index (χ0) is 17.4. The molecule has 132 valence electrons. The van der Waals surface area contributed by atoms with E-state index in [-0.39, 0.29) is 5.78 Å². The molecule has 0 amide bonds. The van der Waals surface area contributed by atoms with Crippen LogP contribution >= 0.6 is 11.3 Å². The predicted molar refractivity (Wildman–Crippen MR) is 103 cm³/mol. The molecule has 0 bridgehead atoms. The van der Waals surface area contributed by atoms with E-state index in [1.54, 1.807) is 12.5 Å². The van der Waals surface area contributed by atoms with Gasteiger partial charge >= 0.3 is 0 Å². The molecule has 0 saturated heterocycles. The number of aliphatic imine (C=N–C) groups is 1. The summed E-state index contributed by atoms with van der Waals surface area (Å²) in [6, 6.07) is 2.41. The van der Waals surface area contributed by atoms with Gasteiger partial charge in [-0.25, -0.2) is 15.4 Å². The second-order valence-electron chi connectivity index (χ2n) is 6.94. The average Bonchev–Trinajstić information content (AvgIpc) is 2.92. The number of hydrogen-bond donors (Lipinski definition) is 1. The van der Waals surface area contributed by atoms with E-state index in [1.807, 2.05) is 30.1 Å². The minimum atomic E-state index is 0.100. The van der Waals surface area contributed by atoms with Gasteiger partial charge in [0.1, 0.15) is 16.0 Å². The van der Waals surface area contributed by atoms with E-state index in [0.717, 1.165) is 34.4 Å². The average molecular weight is 357 g/mol. The van der Waals surface area contributed by atoms with Crippen LogP contribution in [-0.4, -0.2) is 48.8 Å². The smallest absolute Gasteiger partial charge is 0.195 e.